The third-order valence-electron chi connectivity index (χ3n) is 10.1. The first kappa shape index (κ1) is 24.6. The Labute approximate surface area is 195 Å². The van der Waals surface area contributed by atoms with Gasteiger partial charge in [0, 0.05) is 23.4 Å². The summed E-state index contributed by atoms with van der Waals surface area (Å²) >= 11 is 0. The Kier molecular flexibility index (Phi) is 6.18. The molecule has 1 aliphatic heterocycles. The third kappa shape index (κ3) is 4.01. The van der Waals surface area contributed by atoms with Crippen LogP contribution in [0.25, 0.3) is 0 Å². The summed E-state index contributed by atoms with van der Waals surface area (Å²) in [6.45, 7) is 9.12. The molecule has 186 valence electrons. The predicted molar refractivity (Wildman–Crippen MR) is 121 cm³/mol. The van der Waals surface area contributed by atoms with Gasteiger partial charge in [-0.05, 0) is 73.7 Å². The van der Waals surface area contributed by atoms with E-state index in [1.54, 1.807) is 19.9 Å². The zero-order valence-corrected chi connectivity index (χ0v) is 20.5. The van der Waals surface area contributed by atoms with Crippen LogP contribution in [-0.2, 0) is 9.59 Å². The second-order valence-electron chi connectivity index (χ2n) is 12.0. The molecule has 0 spiro atoms. The van der Waals surface area contributed by atoms with Gasteiger partial charge in [0.25, 0.3) is 0 Å². The highest BCUT2D eigenvalue weighted by Gasteiger charge is 2.61. The zero-order chi connectivity index (χ0) is 24.3. The average molecular weight is 469 g/mol. The van der Waals surface area contributed by atoms with Crippen molar-refractivity contribution in [2.24, 2.45) is 46.3 Å². The van der Waals surface area contributed by atoms with Crippen molar-refractivity contribution in [2.75, 3.05) is 0 Å². The van der Waals surface area contributed by atoms with Gasteiger partial charge in [-0.25, -0.2) is 0 Å². The standard InChI is InChI=1S/C26H39F3N2O2/c1-14(2)22(15(3)26(27,28)29)31-23(33)19-8-7-17-16-6-9-20-25(5,13-11-21(32)30-20)18(16)10-12-24(17,19)4/h11,13-20,22H,6-10,12H2,1-5H3,(H,30,32)(H,31,33)/t15?,16-,17-,18+,19?,20?,22?,24-,25+/m0/s1. The molecule has 1 heterocycles. The van der Waals surface area contributed by atoms with Crippen molar-refractivity contribution in [2.45, 2.75) is 91.4 Å². The van der Waals surface area contributed by atoms with Crippen LogP contribution in [0.2, 0.25) is 0 Å². The number of carbonyl (C=O) groups is 2. The molecule has 3 fully saturated rings. The molecule has 9 atom stereocenters. The number of hydrogen-bond donors (Lipinski definition) is 2. The average Bonchev–Trinajstić information content (AvgIpc) is 3.08. The van der Waals surface area contributed by atoms with E-state index in [1.165, 1.54) is 6.92 Å². The largest absolute Gasteiger partial charge is 0.393 e. The van der Waals surface area contributed by atoms with Crippen molar-refractivity contribution >= 4 is 11.8 Å². The molecular weight excluding hydrogens is 429 g/mol. The lowest BCUT2D eigenvalue weighted by Crippen LogP contribution is -2.60. The molecule has 3 saturated carbocycles. The molecule has 4 unspecified atom stereocenters. The van der Waals surface area contributed by atoms with E-state index in [4.69, 9.17) is 0 Å². The Hall–Kier alpha value is -1.53. The number of nitrogens with one attached hydrogen (secondary N) is 2. The minimum atomic E-state index is -4.33. The van der Waals surface area contributed by atoms with Crippen molar-refractivity contribution in [1.82, 2.24) is 10.6 Å². The quantitative estimate of drug-likeness (QED) is 0.593. The fraction of sp³-hybridized carbons (Fsp3) is 0.846. The number of alkyl halides is 3. The SMILES string of the molecule is CC(C)C(NC(=O)C1CC[C@H]2[C@@H]3CCC4NC(=O)C=C[C@]4(C)[C@@H]3CC[C@]12C)C(C)C(F)(F)F. The van der Waals surface area contributed by atoms with Crippen LogP contribution in [0.15, 0.2) is 12.2 Å². The molecule has 0 aromatic heterocycles. The molecule has 2 amide bonds. The first-order valence-corrected chi connectivity index (χ1v) is 12.7. The highest BCUT2D eigenvalue weighted by molar-refractivity contribution is 5.89. The van der Waals surface area contributed by atoms with Crippen molar-refractivity contribution < 1.29 is 22.8 Å². The molecule has 7 heteroatoms. The van der Waals surface area contributed by atoms with Crippen LogP contribution < -0.4 is 10.6 Å². The first-order valence-electron chi connectivity index (χ1n) is 12.7. The summed E-state index contributed by atoms with van der Waals surface area (Å²) in [5.41, 5.74) is -0.248. The molecule has 0 saturated heterocycles. The van der Waals surface area contributed by atoms with Crippen molar-refractivity contribution in [3.05, 3.63) is 12.2 Å². The van der Waals surface area contributed by atoms with Gasteiger partial charge in [-0.1, -0.05) is 40.7 Å². The van der Waals surface area contributed by atoms with E-state index in [-0.39, 0.29) is 40.5 Å². The lowest BCUT2D eigenvalue weighted by Gasteiger charge is -2.58. The Morgan fingerprint density at radius 1 is 1.09 bits per heavy atom. The Bertz CT molecular complexity index is 825. The van der Waals surface area contributed by atoms with Crippen LogP contribution in [0.4, 0.5) is 13.2 Å². The number of amides is 2. The first-order chi connectivity index (χ1) is 15.3. The van der Waals surface area contributed by atoms with E-state index < -0.39 is 18.1 Å². The summed E-state index contributed by atoms with van der Waals surface area (Å²) in [5, 5.41) is 6.00. The molecule has 3 aliphatic carbocycles. The smallest absolute Gasteiger partial charge is 0.352 e. The van der Waals surface area contributed by atoms with Crippen LogP contribution in [0.5, 0.6) is 0 Å². The van der Waals surface area contributed by atoms with Crippen LogP contribution in [-0.4, -0.2) is 30.1 Å². The topological polar surface area (TPSA) is 58.2 Å². The summed E-state index contributed by atoms with van der Waals surface area (Å²) in [5.74, 6) is -0.981. The van der Waals surface area contributed by atoms with E-state index in [0.29, 0.717) is 17.8 Å². The molecule has 4 aliphatic rings. The third-order valence-corrected chi connectivity index (χ3v) is 10.1. The molecule has 0 bridgehead atoms. The van der Waals surface area contributed by atoms with Crippen LogP contribution in [0.1, 0.15) is 73.1 Å². The Balaban J connectivity index is 1.52. The number of fused-ring (bicyclic) bond motifs is 5. The van der Waals surface area contributed by atoms with Crippen LogP contribution in [0.3, 0.4) is 0 Å². The molecule has 33 heavy (non-hydrogen) atoms. The van der Waals surface area contributed by atoms with Gasteiger partial charge in [-0.2, -0.15) is 13.2 Å². The van der Waals surface area contributed by atoms with Gasteiger partial charge in [-0.3, -0.25) is 9.59 Å². The molecule has 0 radical (unpaired) electrons. The maximum Gasteiger partial charge on any atom is 0.393 e. The van der Waals surface area contributed by atoms with Gasteiger partial charge in [0.15, 0.2) is 0 Å². The Morgan fingerprint density at radius 2 is 1.79 bits per heavy atom. The summed E-state index contributed by atoms with van der Waals surface area (Å²) in [6, 6.07) is -0.751. The van der Waals surface area contributed by atoms with Crippen molar-refractivity contribution in [1.29, 1.82) is 0 Å². The van der Waals surface area contributed by atoms with E-state index in [2.05, 4.69) is 30.6 Å². The second kappa shape index (κ2) is 8.30. The van der Waals surface area contributed by atoms with E-state index in [0.717, 1.165) is 38.5 Å². The minimum Gasteiger partial charge on any atom is -0.352 e. The van der Waals surface area contributed by atoms with Gasteiger partial charge < -0.3 is 10.6 Å². The summed E-state index contributed by atoms with van der Waals surface area (Å²) in [7, 11) is 0. The maximum atomic E-state index is 13.4. The summed E-state index contributed by atoms with van der Waals surface area (Å²) in [4.78, 5) is 25.3. The van der Waals surface area contributed by atoms with Gasteiger partial charge in [0.1, 0.15) is 0 Å². The number of carbonyl (C=O) groups excluding carboxylic acids is 2. The van der Waals surface area contributed by atoms with E-state index >= 15 is 0 Å². The predicted octanol–water partition coefficient (Wildman–Crippen LogP) is 5.24. The zero-order valence-electron chi connectivity index (χ0n) is 20.5. The van der Waals surface area contributed by atoms with Crippen molar-refractivity contribution in [3.63, 3.8) is 0 Å². The van der Waals surface area contributed by atoms with E-state index in [1.807, 2.05) is 0 Å². The Morgan fingerprint density at radius 3 is 2.42 bits per heavy atom. The number of hydrogen-bond acceptors (Lipinski definition) is 2. The minimum absolute atomic E-state index is 0.0121. The van der Waals surface area contributed by atoms with Gasteiger partial charge in [0.2, 0.25) is 11.8 Å². The van der Waals surface area contributed by atoms with Crippen LogP contribution >= 0.6 is 0 Å². The molecule has 0 aromatic rings. The van der Waals surface area contributed by atoms with Gasteiger partial charge in [-0.15, -0.1) is 0 Å². The summed E-state index contributed by atoms with van der Waals surface area (Å²) < 4.78 is 40.3. The fourth-order valence-corrected chi connectivity index (χ4v) is 8.10. The maximum absolute atomic E-state index is 13.4. The van der Waals surface area contributed by atoms with Crippen LogP contribution in [0, 0.1) is 46.3 Å². The lowest BCUT2D eigenvalue weighted by molar-refractivity contribution is -0.181. The van der Waals surface area contributed by atoms with Gasteiger partial charge >= 0.3 is 6.18 Å². The van der Waals surface area contributed by atoms with Gasteiger partial charge in [0.05, 0.1) is 5.92 Å². The highest BCUT2D eigenvalue weighted by atomic mass is 19.4. The van der Waals surface area contributed by atoms with Crippen molar-refractivity contribution in [3.8, 4) is 0 Å². The molecule has 0 aromatic carbocycles. The molecular formula is C26H39F3N2O2. The van der Waals surface area contributed by atoms with E-state index in [9.17, 15) is 22.8 Å². The normalized spacial score (nSPS) is 42.1. The lowest BCUT2D eigenvalue weighted by atomic mass is 9.48. The number of rotatable bonds is 4. The second-order valence-corrected chi connectivity index (χ2v) is 12.0. The highest BCUT2D eigenvalue weighted by Crippen LogP contribution is 2.65. The monoisotopic (exact) mass is 468 g/mol. The molecule has 4 nitrogen and oxygen atoms in total. The molecule has 4 rings (SSSR count). The summed E-state index contributed by atoms with van der Waals surface area (Å²) in [6.07, 6.45) is 5.01. The molecule has 2 N–H and O–H groups in total. The number of halogens is 3. The fourth-order valence-electron chi connectivity index (χ4n) is 8.10.